The number of hydrogen-bond acceptors (Lipinski definition) is 4. The van der Waals surface area contributed by atoms with E-state index in [-0.39, 0.29) is 0 Å². The van der Waals surface area contributed by atoms with E-state index in [0.717, 1.165) is 49.1 Å². The Kier molecular flexibility index (Phi) is 3.77. The third kappa shape index (κ3) is 2.71. The van der Waals surface area contributed by atoms with Crippen LogP contribution in [0.3, 0.4) is 0 Å². The van der Waals surface area contributed by atoms with Gasteiger partial charge in [0.1, 0.15) is 13.1 Å². The number of pyridine rings is 1. The lowest BCUT2D eigenvalue weighted by atomic mass is 10.3. The molecule has 2 aliphatic rings. The molecule has 1 saturated heterocycles. The lowest BCUT2D eigenvalue weighted by Crippen LogP contribution is -3.13. The lowest BCUT2D eigenvalue weighted by molar-refractivity contribution is -0.930. The fourth-order valence-corrected chi connectivity index (χ4v) is 3.25. The average molecular weight is 318 g/mol. The van der Waals surface area contributed by atoms with Gasteiger partial charge in [0.2, 0.25) is 4.77 Å². The molecular weight excluding hydrogens is 298 g/mol. The van der Waals surface area contributed by atoms with Gasteiger partial charge in [-0.25, -0.2) is 0 Å². The molecule has 2 aromatic heterocycles. The highest BCUT2D eigenvalue weighted by atomic mass is 32.1. The second-order valence-corrected chi connectivity index (χ2v) is 6.33. The topological polar surface area (TPSA) is 49.3 Å². The molecule has 0 amide bonds. The minimum Gasteiger partial charge on any atom is -0.370 e. The molecule has 22 heavy (non-hydrogen) atoms. The van der Waals surface area contributed by atoms with Gasteiger partial charge >= 0.3 is 0 Å². The first-order valence-electron chi connectivity index (χ1n) is 7.84. The highest BCUT2D eigenvalue weighted by Crippen LogP contribution is 2.38. The van der Waals surface area contributed by atoms with Crippen molar-refractivity contribution in [2.75, 3.05) is 26.3 Å². The van der Waals surface area contributed by atoms with E-state index in [0.29, 0.717) is 6.04 Å². The van der Waals surface area contributed by atoms with Crippen LogP contribution in [0.1, 0.15) is 18.9 Å². The predicted molar refractivity (Wildman–Crippen MR) is 84.1 cm³/mol. The Morgan fingerprint density at radius 2 is 2.14 bits per heavy atom. The molecule has 7 heteroatoms. The van der Waals surface area contributed by atoms with Crippen molar-refractivity contribution in [3.63, 3.8) is 0 Å². The molecule has 6 nitrogen and oxygen atoms in total. The highest BCUT2D eigenvalue weighted by molar-refractivity contribution is 7.71. The largest absolute Gasteiger partial charge is 0.370 e. The molecule has 0 aromatic carbocycles. The van der Waals surface area contributed by atoms with Gasteiger partial charge in [-0.2, -0.15) is 4.68 Å². The van der Waals surface area contributed by atoms with E-state index in [1.807, 2.05) is 16.9 Å². The Morgan fingerprint density at radius 1 is 1.32 bits per heavy atom. The van der Waals surface area contributed by atoms with Crippen LogP contribution >= 0.6 is 12.2 Å². The molecule has 2 fully saturated rings. The summed E-state index contributed by atoms with van der Waals surface area (Å²) in [7, 11) is 0. The summed E-state index contributed by atoms with van der Waals surface area (Å²) in [5.41, 5.74) is 1.04. The van der Waals surface area contributed by atoms with Crippen molar-refractivity contribution in [1.29, 1.82) is 0 Å². The van der Waals surface area contributed by atoms with E-state index < -0.39 is 0 Å². The molecule has 0 radical (unpaired) electrons. The van der Waals surface area contributed by atoms with Gasteiger partial charge in [-0.15, -0.1) is 5.10 Å². The van der Waals surface area contributed by atoms with E-state index in [4.69, 9.17) is 22.1 Å². The van der Waals surface area contributed by atoms with Gasteiger partial charge in [0.15, 0.2) is 12.5 Å². The van der Waals surface area contributed by atoms with Crippen LogP contribution in [0.2, 0.25) is 0 Å². The van der Waals surface area contributed by atoms with Crippen LogP contribution in [0.5, 0.6) is 0 Å². The number of rotatable bonds is 4. The SMILES string of the molecule is S=c1n(C[NH+]2CCOCC2)nc(-c2cccnc2)n1C1CC1. The molecule has 4 rings (SSSR count). The van der Waals surface area contributed by atoms with Gasteiger partial charge in [-0.1, -0.05) is 0 Å². The van der Waals surface area contributed by atoms with Crippen molar-refractivity contribution >= 4 is 12.2 Å². The maximum absolute atomic E-state index is 5.70. The first-order valence-corrected chi connectivity index (χ1v) is 8.25. The summed E-state index contributed by atoms with van der Waals surface area (Å²) < 4.78 is 10.5. The molecule has 0 atom stereocenters. The van der Waals surface area contributed by atoms with Gasteiger partial charge in [-0.3, -0.25) is 9.55 Å². The summed E-state index contributed by atoms with van der Waals surface area (Å²) in [5, 5.41) is 4.81. The fraction of sp³-hybridized carbons (Fsp3) is 0.533. The van der Waals surface area contributed by atoms with Crippen molar-refractivity contribution in [2.45, 2.75) is 25.6 Å². The van der Waals surface area contributed by atoms with Gasteiger partial charge in [0.05, 0.1) is 13.2 Å². The lowest BCUT2D eigenvalue weighted by Gasteiger charge is -2.23. The first kappa shape index (κ1) is 14.0. The highest BCUT2D eigenvalue weighted by Gasteiger charge is 2.29. The fourth-order valence-electron chi connectivity index (χ4n) is 2.91. The summed E-state index contributed by atoms with van der Waals surface area (Å²) in [6, 6.07) is 4.51. The van der Waals surface area contributed by atoms with E-state index in [9.17, 15) is 0 Å². The van der Waals surface area contributed by atoms with Crippen LogP contribution in [-0.2, 0) is 11.4 Å². The van der Waals surface area contributed by atoms with Gasteiger partial charge < -0.3 is 9.64 Å². The second-order valence-electron chi connectivity index (χ2n) is 5.97. The molecule has 1 N–H and O–H groups in total. The van der Waals surface area contributed by atoms with Crippen LogP contribution in [0.4, 0.5) is 0 Å². The predicted octanol–water partition coefficient (Wildman–Crippen LogP) is 0.684. The minimum absolute atomic E-state index is 0.510. The zero-order valence-electron chi connectivity index (χ0n) is 12.4. The summed E-state index contributed by atoms with van der Waals surface area (Å²) in [5.74, 6) is 0.952. The molecular formula is C15H20N5OS+. The van der Waals surface area contributed by atoms with E-state index >= 15 is 0 Å². The number of quaternary nitrogens is 1. The van der Waals surface area contributed by atoms with Crippen molar-refractivity contribution in [1.82, 2.24) is 19.3 Å². The van der Waals surface area contributed by atoms with Crippen molar-refractivity contribution in [2.24, 2.45) is 0 Å². The average Bonchev–Trinajstić information content (AvgIpc) is 3.35. The molecule has 1 saturated carbocycles. The maximum Gasteiger partial charge on any atom is 0.203 e. The number of nitrogens with zero attached hydrogens (tertiary/aromatic N) is 4. The Labute approximate surface area is 134 Å². The van der Waals surface area contributed by atoms with Gasteiger partial charge in [-0.05, 0) is 37.2 Å². The zero-order chi connectivity index (χ0) is 14.9. The maximum atomic E-state index is 5.70. The number of hydrogen-bond donors (Lipinski definition) is 1. The van der Waals surface area contributed by atoms with Crippen LogP contribution in [0, 0.1) is 4.77 Å². The smallest absolute Gasteiger partial charge is 0.203 e. The van der Waals surface area contributed by atoms with E-state index in [1.165, 1.54) is 17.7 Å². The standard InChI is InChI=1S/C15H19N5OS/c22-15-19(11-18-6-8-21-9-7-18)17-14(20(15)13-3-4-13)12-2-1-5-16-10-12/h1-2,5,10,13H,3-4,6-9,11H2/p+1. The third-order valence-corrected chi connectivity index (χ3v) is 4.68. The number of nitrogens with one attached hydrogen (secondary N) is 1. The molecule has 3 heterocycles. The third-order valence-electron chi connectivity index (χ3n) is 4.28. The van der Waals surface area contributed by atoms with Gasteiger partial charge in [0, 0.05) is 24.0 Å². The zero-order valence-corrected chi connectivity index (χ0v) is 13.3. The molecule has 116 valence electrons. The Balaban J connectivity index is 1.69. The van der Waals surface area contributed by atoms with E-state index in [1.54, 1.807) is 6.20 Å². The van der Waals surface area contributed by atoms with Crippen molar-refractivity contribution in [3.05, 3.63) is 29.3 Å². The van der Waals surface area contributed by atoms with Crippen LogP contribution in [0.15, 0.2) is 24.5 Å². The Morgan fingerprint density at radius 3 is 2.82 bits per heavy atom. The molecule has 2 aromatic rings. The molecule has 0 spiro atoms. The normalized spacial score (nSPS) is 19.5. The second kappa shape index (κ2) is 5.91. The summed E-state index contributed by atoms with van der Waals surface area (Å²) >= 11 is 5.70. The van der Waals surface area contributed by atoms with Crippen molar-refractivity contribution in [3.8, 4) is 11.4 Å². The van der Waals surface area contributed by atoms with Crippen LogP contribution in [-0.4, -0.2) is 45.6 Å². The molecule has 1 aliphatic carbocycles. The molecule has 0 unspecified atom stereocenters. The molecule has 1 aliphatic heterocycles. The number of aromatic nitrogens is 4. The van der Waals surface area contributed by atoms with E-state index in [2.05, 4.69) is 15.6 Å². The number of morpholine rings is 1. The molecule has 0 bridgehead atoms. The summed E-state index contributed by atoms with van der Waals surface area (Å²) in [4.78, 5) is 5.69. The van der Waals surface area contributed by atoms with Crippen LogP contribution < -0.4 is 4.90 Å². The number of ether oxygens (including phenoxy) is 1. The van der Waals surface area contributed by atoms with Gasteiger partial charge in [0.25, 0.3) is 0 Å². The van der Waals surface area contributed by atoms with Crippen molar-refractivity contribution < 1.29 is 9.64 Å². The summed E-state index contributed by atoms with van der Waals surface area (Å²) in [6.45, 7) is 4.48. The van der Waals surface area contributed by atoms with Crippen LogP contribution in [0.25, 0.3) is 11.4 Å². The monoisotopic (exact) mass is 318 g/mol. The first-order chi connectivity index (χ1) is 10.8. The quantitative estimate of drug-likeness (QED) is 0.843. The Hall–Kier alpha value is -1.57. The summed E-state index contributed by atoms with van der Waals surface area (Å²) in [6.07, 6.45) is 6.03. The minimum atomic E-state index is 0.510. The Bertz CT molecular complexity index is 700.